The number of carbonyl (C=O) groups excluding carboxylic acids is 1. The van der Waals surface area contributed by atoms with E-state index in [9.17, 15) is 9.18 Å². The molecule has 0 N–H and O–H groups in total. The molecule has 5 nitrogen and oxygen atoms in total. The lowest BCUT2D eigenvalue weighted by Crippen LogP contribution is -2.41. The molecule has 2 aromatic rings. The maximum absolute atomic E-state index is 13.2. The molecule has 7 heteroatoms. The molecule has 0 bridgehead atoms. The van der Waals surface area contributed by atoms with E-state index in [-0.39, 0.29) is 17.4 Å². The molecule has 2 aromatic heterocycles. The molecule has 0 saturated carbocycles. The number of hydrogen-bond acceptors (Lipinski definition) is 4. The Morgan fingerprint density at radius 3 is 3.12 bits per heavy atom. The van der Waals surface area contributed by atoms with Gasteiger partial charge in [-0.15, -0.1) is 0 Å². The van der Waals surface area contributed by atoms with E-state index in [0.717, 1.165) is 19.0 Å². The van der Waals surface area contributed by atoms with E-state index in [0.29, 0.717) is 30.6 Å². The molecular formula is C17H17ClFN3O2. The van der Waals surface area contributed by atoms with Crippen LogP contribution in [-0.4, -0.2) is 40.5 Å². The Kier molecular flexibility index (Phi) is 5.25. The van der Waals surface area contributed by atoms with Crippen LogP contribution in [0.4, 0.5) is 4.39 Å². The van der Waals surface area contributed by atoms with Crippen LogP contribution in [0.15, 0.2) is 36.8 Å². The van der Waals surface area contributed by atoms with Gasteiger partial charge < -0.3 is 9.64 Å². The summed E-state index contributed by atoms with van der Waals surface area (Å²) in [5.41, 5.74) is 0.268. The number of amides is 1. The second-order valence-electron chi connectivity index (χ2n) is 5.75. The van der Waals surface area contributed by atoms with E-state index >= 15 is 0 Å². The van der Waals surface area contributed by atoms with E-state index in [2.05, 4.69) is 9.97 Å². The fraction of sp³-hybridized carbons (Fsp3) is 0.353. The van der Waals surface area contributed by atoms with Crippen LogP contribution >= 0.6 is 11.6 Å². The van der Waals surface area contributed by atoms with E-state index in [1.165, 1.54) is 12.3 Å². The molecule has 1 aliphatic heterocycles. The minimum atomic E-state index is -0.512. The number of aromatic nitrogens is 2. The van der Waals surface area contributed by atoms with Gasteiger partial charge in [0.2, 0.25) is 5.88 Å². The summed E-state index contributed by atoms with van der Waals surface area (Å²) >= 11 is 6.02. The van der Waals surface area contributed by atoms with Crippen molar-refractivity contribution in [1.29, 1.82) is 0 Å². The summed E-state index contributed by atoms with van der Waals surface area (Å²) in [5.74, 6) is -0.135. The molecule has 1 amide bonds. The zero-order valence-electron chi connectivity index (χ0n) is 13.0. The SMILES string of the molecule is O=C(c1cncc(F)c1)N1CCCC(COc2ncccc2Cl)C1. The van der Waals surface area contributed by atoms with Crippen LogP contribution in [0.1, 0.15) is 23.2 Å². The summed E-state index contributed by atoms with van der Waals surface area (Å²) in [4.78, 5) is 22.0. The molecule has 1 fully saturated rings. The zero-order chi connectivity index (χ0) is 16.9. The lowest BCUT2D eigenvalue weighted by atomic mass is 9.98. The monoisotopic (exact) mass is 349 g/mol. The summed E-state index contributed by atoms with van der Waals surface area (Å²) in [6.07, 6.45) is 5.92. The van der Waals surface area contributed by atoms with Crippen LogP contribution in [0.5, 0.6) is 5.88 Å². The molecule has 0 aliphatic carbocycles. The summed E-state index contributed by atoms with van der Waals surface area (Å²) in [5, 5.41) is 0.465. The molecule has 3 heterocycles. The number of rotatable bonds is 4. The number of ether oxygens (including phenoxy) is 1. The third-order valence-electron chi connectivity index (χ3n) is 3.94. The number of likely N-dealkylation sites (tertiary alicyclic amines) is 1. The van der Waals surface area contributed by atoms with Crippen molar-refractivity contribution in [3.05, 3.63) is 53.2 Å². The maximum Gasteiger partial charge on any atom is 0.255 e. The molecule has 24 heavy (non-hydrogen) atoms. The van der Waals surface area contributed by atoms with Gasteiger partial charge in [-0.1, -0.05) is 11.6 Å². The highest BCUT2D eigenvalue weighted by Crippen LogP contribution is 2.23. The Morgan fingerprint density at radius 1 is 1.46 bits per heavy atom. The Bertz CT molecular complexity index is 728. The number of hydrogen-bond donors (Lipinski definition) is 0. The average molecular weight is 350 g/mol. The van der Waals surface area contributed by atoms with Gasteiger partial charge in [0.25, 0.3) is 5.91 Å². The predicted molar refractivity (Wildman–Crippen MR) is 87.6 cm³/mol. The van der Waals surface area contributed by atoms with E-state index in [4.69, 9.17) is 16.3 Å². The molecule has 0 radical (unpaired) electrons. The number of piperidine rings is 1. The van der Waals surface area contributed by atoms with Gasteiger partial charge in [0, 0.05) is 31.4 Å². The molecule has 0 aromatic carbocycles. The topological polar surface area (TPSA) is 55.3 Å². The lowest BCUT2D eigenvalue weighted by molar-refractivity contribution is 0.0630. The van der Waals surface area contributed by atoms with Crippen molar-refractivity contribution in [3.63, 3.8) is 0 Å². The molecule has 3 rings (SSSR count). The van der Waals surface area contributed by atoms with Crippen LogP contribution < -0.4 is 4.74 Å². The maximum atomic E-state index is 13.2. The standard InChI is InChI=1S/C17H17ClFN3O2/c18-15-4-1-5-21-16(15)24-11-12-3-2-6-22(10-12)17(23)13-7-14(19)9-20-8-13/h1,4-5,7-9,12H,2-3,6,10-11H2. The van der Waals surface area contributed by atoms with E-state index in [1.807, 2.05) is 0 Å². The zero-order valence-corrected chi connectivity index (χ0v) is 13.7. The first-order valence-electron chi connectivity index (χ1n) is 7.76. The van der Waals surface area contributed by atoms with Crippen LogP contribution in [-0.2, 0) is 0 Å². The predicted octanol–water partition coefficient (Wildman–Crippen LogP) is 3.20. The van der Waals surface area contributed by atoms with Gasteiger partial charge in [0.15, 0.2) is 0 Å². The second-order valence-corrected chi connectivity index (χ2v) is 6.16. The van der Waals surface area contributed by atoms with Crippen molar-refractivity contribution in [2.75, 3.05) is 19.7 Å². The van der Waals surface area contributed by atoms with Crippen LogP contribution in [0, 0.1) is 11.7 Å². The second kappa shape index (κ2) is 7.57. The Labute approximate surface area is 144 Å². The summed E-state index contributed by atoms with van der Waals surface area (Å²) < 4.78 is 18.9. The minimum Gasteiger partial charge on any atom is -0.476 e. The van der Waals surface area contributed by atoms with Gasteiger partial charge in [-0.25, -0.2) is 9.37 Å². The highest BCUT2D eigenvalue weighted by molar-refractivity contribution is 6.31. The largest absolute Gasteiger partial charge is 0.476 e. The van der Waals surface area contributed by atoms with Gasteiger partial charge >= 0.3 is 0 Å². The Hall–Kier alpha value is -2.21. The van der Waals surface area contributed by atoms with Gasteiger partial charge in [-0.05, 0) is 31.0 Å². The summed E-state index contributed by atoms with van der Waals surface area (Å²) in [7, 11) is 0. The van der Waals surface area contributed by atoms with Crippen LogP contribution in [0.2, 0.25) is 5.02 Å². The first-order valence-corrected chi connectivity index (χ1v) is 8.14. The first-order chi connectivity index (χ1) is 11.6. The average Bonchev–Trinajstić information content (AvgIpc) is 2.61. The molecule has 1 unspecified atom stereocenters. The van der Waals surface area contributed by atoms with Gasteiger partial charge in [-0.2, -0.15) is 0 Å². The molecule has 1 atom stereocenters. The van der Waals surface area contributed by atoms with E-state index in [1.54, 1.807) is 23.2 Å². The highest BCUT2D eigenvalue weighted by atomic mass is 35.5. The normalized spacial score (nSPS) is 17.6. The number of pyridine rings is 2. The minimum absolute atomic E-state index is 0.183. The van der Waals surface area contributed by atoms with Crippen molar-refractivity contribution in [1.82, 2.24) is 14.9 Å². The van der Waals surface area contributed by atoms with Crippen molar-refractivity contribution >= 4 is 17.5 Å². The highest BCUT2D eigenvalue weighted by Gasteiger charge is 2.25. The van der Waals surface area contributed by atoms with Crippen LogP contribution in [0.3, 0.4) is 0 Å². The van der Waals surface area contributed by atoms with Crippen LogP contribution in [0.25, 0.3) is 0 Å². The third kappa shape index (κ3) is 4.00. The molecule has 0 spiro atoms. The van der Waals surface area contributed by atoms with Crippen molar-refractivity contribution in [2.24, 2.45) is 5.92 Å². The van der Waals surface area contributed by atoms with Crippen molar-refractivity contribution in [3.8, 4) is 5.88 Å². The van der Waals surface area contributed by atoms with Gasteiger partial charge in [-0.3, -0.25) is 9.78 Å². The summed E-state index contributed by atoms with van der Waals surface area (Å²) in [6.45, 7) is 1.64. The van der Waals surface area contributed by atoms with Crippen molar-refractivity contribution in [2.45, 2.75) is 12.8 Å². The molecule has 1 aliphatic rings. The molecular weight excluding hydrogens is 333 g/mol. The fourth-order valence-corrected chi connectivity index (χ4v) is 2.95. The Morgan fingerprint density at radius 2 is 2.33 bits per heavy atom. The van der Waals surface area contributed by atoms with Gasteiger partial charge in [0.1, 0.15) is 10.8 Å². The quantitative estimate of drug-likeness (QED) is 0.850. The van der Waals surface area contributed by atoms with Crippen molar-refractivity contribution < 1.29 is 13.9 Å². The molecule has 1 saturated heterocycles. The molecule has 126 valence electrons. The smallest absolute Gasteiger partial charge is 0.255 e. The number of carbonyl (C=O) groups is 1. The van der Waals surface area contributed by atoms with E-state index < -0.39 is 5.82 Å². The fourth-order valence-electron chi connectivity index (χ4n) is 2.77. The first kappa shape index (κ1) is 16.6. The third-order valence-corrected chi connectivity index (χ3v) is 4.23. The number of nitrogens with zero attached hydrogens (tertiary/aromatic N) is 3. The number of halogens is 2. The lowest BCUT2D eigenvalue weighted by Gasteiger charge is -2.32. The van der Waals surface area contributed by atoms with Gasteiger partial charge in [0.05, 0.1) is 18.4 Å². The summed E-state index contributed by atoms with van der Waals surface area (Å²) in [6, 6.07) is 4.67. The Balaban J connectivity index is 1.60.